The fourth-order valence-corrected chi connectivity index (χ4v) is 3.26. The van der Waals surface area contributed by atoms with Gasteiger partial charge in [0.1, 0.15) is 0 Å². The predicted octanol–water partition coefficient (Wildman–Crippen LogP) is 4.01. The summed E-state index contributed by atoms with van der Waals surface area (Å²) in [5.74, 6) is 0. The molecule has 0 saturated heterocycles. The number of rotatable bonds is 0. The Labute approximate surface area is 92.9 Å². The van der Waals surface area contributed by atoms with Crippen LogP contribution < -0.4 is 0 Å². The number of benzene rings is 1. The molecule has 2 heterocycles. The van der Waals surface area contributed by atoms with Crippen LogP contribution in [0.25, 0.3) is 21.1 Å². The van der Waals surface area contributed by atoms with Crippen LogP contribution in [0.3, 0.4) is 0 Å². The van der Waals surface area contributed by atoms with Crippen molar-refractivity contribution in [2.24, 2.45) is 7.05 Å². The number of nitrogens with zero attached hydrogens (tertiary/aromatic N) is 1. The van der Waals surface area contributed by atoms with E-state index in [9.17, 15) is 0 Å². The van der Waals surface area contributed by atoms with E-state index in [1.807, 2.05) is 11.3 Å². The highest BCUT2D eigenvalue weighted by Crippen LogP contribution is 2.34. The molecule has 0 bridgehead atoms. The quantitative estimate of drug-likeness (QED) is 0.534. The molecule has 0 atom stereocenters. The zero-order valence-corrected chi connectivity index (χ0v) is 9.98. The minimum Gasteiger partial charge on any atom is -0.343 e. The Morgan fingerprint density at radius 1 is 1.07 bits per heavy atom. The molecular weight excluding hydrogens is 202 g/mol. The Bertz CT molecular complexity index is 658. The molecule has 1 aromatic carbocycles. The van der Waals surface area contributed by atoms with Crippen LogP contribution in [0.1, 0.15) is 10.4 Å². The summed E-state index contributed by atoms with van der Waals surface area (Å²) in [6.45, 7) is 4.32. The summed E-state index contributed by atoms with van der Waals surface area (Å²) >= 11 is 1.89. The summed E-state index contributed by atoms with van der Waals surface area (Å²) in [5.41, 5.74) is 4.03. The second-order valence-electron chi connectivity index (χ2n) is 4.15. The topological polar surface area (TPSA) is 4.93 Å². The van der Waals surface area contributed by atoms with Gasteiger partial charge in [-0.1, -0.05) is 12.1 Å². The van der Waals surface area contributed by atoms with Crippen LogP contribution in [-0.4, -0.2) is 4.57 Å². The molecule has 0 saturated carbocycles. The SMILES string of the molecule is Cc1ccc2c3sc(C)cc3n(C)c2c1. The molecule has 15 heavy (non-hydrogen) atoms. The van der Waals surface area contributed by atoms with Crippen molar-refractivity contribution in [3.63, 3.8) is 0 Å². The molecule has 0 aliphatic rings. The molecule has 0 aliphatic heterocycles. The molecule has 1 nitrogen and oxygen atoms in total. The van der Waals surface area contributed by atoms with Gasteiger partial charge in [-0.3, -0.25) is 0 Å². The number of aryl methyl sites for hydroxylation is 3. The largest absolute Gasteiger partial charge is 0.343 e. The maximum Gasteiger partial charge on any atom is 0.0603 e. The summed E-state index contributed by atoms with van der Waals surface area (Å²) in [4.78, 5) is 1.39. The summed E-state index contributed by atoms with van der Waals surface area (Å²) < 4.78 is 3.71. The third-order valence-corrected chi connectivity index (χ3v) is 4.03. The van der Waals surface area contributed by atoms with E-state index in [1.165, 1.54) is 31.6 Å². The highest BCUT2D eigenvalue weighted by atomic mass is 32.1. The van der Waals surface area contributed by atoms with Crippen molar-refractivity contribution in [1.82, 2.24) is 4.57 Å². The lowest BCUT2D eigenvalue weighted by Gasteiger charge is -1.98. The maximum atomic E-state index is 2.29. The number of fused-ring (bicyclic) bond motifs is 3. The molecule has 76 valence electrons. The van der Waals surface area contributed by atoms with Crippen LogP contribution in [0.5, 0.6) is 0 Å². The first-order valence-corrected chi connectivity index (χ1v) is 5.93. The zero-order valence-electron chi connectivity index (χ0n) is 9.16. The molecule has 3 aromatic rings. The second kappa shape index (κ2) is 2.86. The van der Waals surface area contributed by atoms with Crippen LogP contribution in [0.15, 0.2) is 24.3 Å². The molecule has 0 N–H and O–H groups in total. The zero-order chi connectivity index (χ0) is 10.6. The first-order valence-electron chi connectivity index (χ1n) is 5.12. The van der Waals surface area contributed by atoms with Crippen molar-refractivity contribution < 1.29 is 0 Å². The van der Waals surface area contributed by atoms with Gasteiger partial charge in [0.25, 0.3) is 0 Å². The van der Waals surface area contributed by atoms with Crippen molar-refractivity contribution in [1.29, 1.82) is 0 Å². The van der Waals surface area contributed by atoms with E-state index >= 15 is 0 Å². The average molecular weight is 215 g/mol. The Kier molecular flexibility index (Phi) is 1.71. The number of hydrogen-bond acceptors (Lipinski definition) is 1. The van der Waals surface area contributed by atoms with Gasteiger partial charge in [-0.2, -0.15) is 0 Å². The minimum absolute atomic E-state index is 1.33. The molecule has 0 fully saturated rings. The Hall–Kier alpha value is -1.28. The summed E-state index contributed by atoms with van der Waals surface area (Å²) in [6.07, 6.45) is 0. The highest BCUT2D eigenvalue weighted by Gasteiger charge is 2.10. The van der Waals surface area contributed by atoms with Gasteiger partial charge in [0.15, 0.2) is 0 Å². The molecule has 0 unspecified atom stereocenters. The lowest BCUT2D eigenvalue weighted by molar-refractivity contribution is 1.01. The van der Waals surface area contributed by atoms with Gasteiger partial charge >= 0.3 is 0 Å². The third-order valence-electron chi connectivity index (χ3n) is 2.96. The molecule has 0 spiro atoms. The van der Waals surface area contributed by atoms with E-state index < -0.39 is 0 Å². The van der Waals surface area contributed by atoms with Crippen LogP contribution >= 0.6 is 11.3 Å². The summed E-state index contributed by atoms with van der Waals surface area (Å²) in [7, 11) is 2.15. The summed E-state index contributed by atoms with van der Waals surface area (Å²) in [6, 6.07) is 8.96. The Balaban J connectivity index is 2.59. The maximum absolute atomic E-state index is 2.29. The first-order chi connectivity index (χ1) is 7.16. The van der Waals surface area contributed by atoms with Crippen LogP contribution in [0.2, 0.25) is 0 Å². The van der Waals surface area contributed by atoms with E-state index in [4.69, 9.17) is 0 Å². The van der Waals surface area contributed by atoms with Crippen LogP contribution in [0.4, 0.5) is 0 Å². The second-order valence-corrected chi connectivity index (χ2v) is 5.41. The van der Waals surface area contributed by atoms with Gasteiger partial charge in [-0.25, -0.2) is 0 Å². The Morgan fingerprint density at radius 2 is 1.87 bits per heavy atom. The van der Waals surface area contributed by atoms with Crippen molar-refractivity contribution in [3.8, 4) is 0 Å². The molecule has 2 heteroatoms. The fraction of sp³-hybridized carbons (Fsp3) is 0.231. The number of hydrogen-bond donors (Lipinski definition) is 0. The molecule has 3 rings (SSSR count). The van der Waals surface area contributed by atoms with E-state index in [2.05, 4.69) is 49.7 Å². The standard InChI is InChI=1S/C13H13NS/c1-8-4-5-10-11(6-8)14(3)12-7-9(2)15-13(10)12/h4-7H,1-3H3. The molecule has 2 aromatic heterocycles. The molecular formula is C13H13NS. The van der Waals surface area contributed by atoms with Gasteiger partial charge in [0, 0.05) is 22.8 Å². The smallest absolute Gasteiger partial charge is 0.0603 e. The van der Waals surface area contributed by atoms with E-state index in [1.54, 1.807) is 0 Å². The van der Waals surface area contributed by atoms with Gasteiger partial charge < -0.3 is 4.57 Å². The normalized spacial score (nSPS) is 11.7. The average Bonchev–Trinajstić information content (AvgIpc) is 2.67. The number of thiophene rings is 1. The van der Waals surface area contributed by atoms with Crippen LogP contribution in [0, 0.1) is 13.8 Å². The monoisotopic (exact) mass is 215 g/mol. The van der Waals surface area contributed by atoms with Crippen molar-refractivity contribution in [2.45, 2.75) is 13.8 Å². The predicted molar refractivity (Wildman–Crippen MR) is 67.8 cm³/mol. The van der Waals surface area contributed by atoms with Crippen molar-refractivity contribution in [2.75, 3.05) is 0 Å². The van der Waals surface area contributed by atoms with E-state index in [0.29, 0.717) is 0 Å². The fourth-order valence-electron chi connectivity index (χ4n) is 2.18. The summed E-state index contributed by atoms with van der Waals surface area (Å²) in [5, 5.41) is 1.39. The third kappa shape index (κ3) is 1.15. The van der Waals surface area contributed by atoms with Crippen molar-refractivity contribution >= 4 is 32.5 Å². The minimum atomic E-state index is 1.33. The van der Waals surface area contributed by atoms with Gasteiger partial charge in [-0.05, 0) is 31.5 Å². The van der Waals surface area contributed by atoms with Gasteiger partial charge in [0.05, 0.1) is 10.2 Å². The van der Waals surface area contributed by atoms with Crippen LogP contribution in [-0.2, 0) is 7.05 Å². The molecule has 0 amide bonds. The van der Waals surface area contributed by atoms with E-state index in [0.717, 1.165) is 0 Å². The number of aromatic nitrogens is 1. The molecule has 0 aliphatic carbocycles. The van der Waals surface area contributed by atoms with E-state index in [-0.39, 0.29) is 0 Å². The Morgan fingerprint density at radius 3 is 2.67 bits per heavy atom. The van der Waals surface area contributed by atoms with Gasteiger partial charge in [-0.15, -0.1) is 11.3 Å². The lowest BCUT2D eigenvalue weighted by atomic mass is 10.2. The highest BCUT2D eigenvalue weighted by molar-refractivity contribution is 7.20. The van der Waals surface area contributed by atoms with Crippen molar-refractivity contribution in [3.05, 3.63) is 34.7 Å². The first kappa shape index (κ1) is 8.98. The lowest BCUT2D eigenvalue weighted by Crippen LogP contribution is -1.85. The molecule has 0 radical (unpaired) electrons. The van der Waals surface area contributed by atoms with Gasteiger partial charge in [0.2, 0.25) is 0 Å².